The van der Waals surface area contributed by atoms with Gasteiger partial charge in [0.05, 0.1) is 0 Å². The summed E-state index contributed by atoms with van der Waals surface area (Å²) in [6.45, 7) is 6.33. The van der Waals surface area contributed by atoms with Crippen LogP contribution in [0.4, 0.5) is 0 Å². The molecule has 0 aliphatic heterocycles. The number of unbranched alkanes of at least 4 members (excludes halogenated alkanes) is 17. The zero-order chi connectivity index (χ0) is 55.7. The number of carbonyl (C=O) groups excluding carboxylic acids is 3. The Morgan fingerprint density at radius 1 is 0.273 bits per heavy atom. The summed E-state index contributed by atoms with van der Waals surface area (Å²) >= 11 is 0. The monoisotopic (exact) mass is 1060 g/mol. The van der Waals surface area contributed by atoms with Crippen molar-refractivity contribution in [2.75, 3.05) is 13.2 Å². The summed E-state index contributed by atoms with van der Waals surface area (Å²) in [4.78, 5) is 38.2. The van der Waals surface area contributed by atoms with Crippen LogP contribution in [0.3, 0.4) is 0 Å². The van der Waals surface area contributed by atoms with Crippen molar-refractivity contribution in [1.82, 2.24) is 0 Å². The van der Waals surface area contributed by atoms with Gasteiger partial charge in [0, 0.05) is 19.3 Å². The number of ether oxygens (including phenoxy) is 3. The molecule has 6 heteroatoms. The van der Waals surface area contributed by atoms with Gasteiger partial charge in [-0.25, -0.2) is 0 Å². The lowest BCUT2D eigenvalue weighted by molar-refractivity contribution is -0.166. The highest BCUT2D eigenvalue weighted by molar-refractivity contribution is 5.71. The van der Waals surface area contributed by atoms with Crippen molar-refractivity contribution in [2.45, 2.75) is 258 Å². The number of carbonyl (C=O) groups is 3. The van der Waals surface area contributed by atoms with E-state index in [-0.39, 0.29) is 31.6 Å². The summed E-state index contributed by atoms with van der Waals surface area (Å²) in [5.74, 6) is -1.03. The molecule has 0 fully saturated rings. The molecule has 0 radical (unpaired) electrons. The Balaban J connectivity index is 4.50. The topological polar surface area (TPSA) is 78.9 Å². The van der Waals surface area contributed by atoms with Crippen LogP contribution >= 0.6 is 0 Å². The molecule has 77 heavy (non-hydrogen) atoms. The van der Waals surface area contributed by atoms with Gasteiger partial charge in [0.15, 0.2) is 6.10 Å². The summed E-state index contributed by atoms with van der Waals surface area (Å²) in [6.07, 6.45) is 92.5. The molecule has 1 atom stereocenters. The van der Waals surface area contributed by atoms with E-state index in [0.717, 1.165) is 141 Å². The fourth-order valence-corrected chi connectivity index (χ4v) is 7.98. The van der Waals surface area contributed by atoms with Crippen molar-refractivity contribution in [3.8, 4) is 0 Å². The smallest absolute Gasteiger partial charge is 0.306 e. The summed E-state index contributed by atoms with van der Waals surface area (Å²) in [5.41, 5.74) is 0. The number of esters is 3. The van der Waals surface area contributed by atoms with Crippen molar-refractivity contribution in [3.05, 3.63) is 158 Å². The summed E-state index contributed by atoms with van der Waals surface area (Å²) in [5, 5.41) is 0. The quantitative estimate of drug-likeness (QED) is 0.0261. The first kappa shape index (κ1) is 72.0. The predicted octanol–water partition coefficient (Wildman–Crippen LogP) is 21.3. The number of rotatable bonds is 54. The van der Waals surface area contributed by atoms with Crippen LogP contribution in [-0.2, 0) is 28.6 Å². The number of hydrogen-bond donors (Lipinski definition) is 0. The molecule has 0 aromatic heterocycles. The molecule has 0 N–H and O–H groups in total. The predicted molar refractivity (Wildman–Crippen MR) is 334 cm³/mol. The lowest BCUT2D eigenvalue weighted by atomic mass is 10.0. The van der Waals surface area contributed by atoms with E-state index in [9.17, 15) is 14.4 Å². The Bertz CT molecular complexity index is 1740. The molecular formula is C71H112O6. The first-order valence-corrected chi connectivity index (χ1v) is 31.0. The van der Waals surface area contributed by atoms with Gasteiger partial charge in [-0.3, -0.25) is 14.4 Å². The lowest BCUT2D eigenvalue weighted by Crippen LogP contribution is -2.30. The Morgan fingerprint density at radius 3 is 0.844 bits per heavy atom. The van der Waals surface area contributed by atoms with E-state index in [0.29, 0.717) is 19.3 Å². The Morgan fingerprint density at radius 2 is 0.532 bits per heavy atom. The van der Waals surface area contributed by atoms with E-state index in [1.165, 1.54) is 64.2 Å². The van der Waals surface area contributed by atoms with E-state index in [4.69, 9.17) is 14.2 Å². The first-order valence-electron chi connectivity index (χ1n) is 31.0. The van der Waals surface area contributed by atoms with Gasteiger partial charge in [0.1, 0.15) is 13.2 Å². The maximum atomic E-state index is 12.9. The molecule has 0 bridgehead atoms. The molecule has 0 aromatic carbocycles. The van der Waals surface area contributed by atoms with Gasteiger partial charge in [-0.15, -0.1) is 0 Å². The summed E-state index contributed by atoms with van der Waals surface area (Å²) in [7, 11) is 0. The fourth-order valence-electron chi connectivity index (χ4n) is 7.98. The highest BCUT2D eigenvalue weighted by atomic mass is 16.6. The molecule has 0 saturated heterocycles. The van der Waals surface area contributed by atoms with Gasteiger partial charge in [0.25, 0.3) is 0 Å². The van der Waals surface area contributed by atoms with Crippen molar-refractivity contribution in [2.24, 2.45) is 0 Å². The maximum Gasteiger partial charge on any atom is 0.306 e. The molecule has 6 nitrogen and oxygen atoms in total. The molecular weight excluding hydrogens is 949 g/mol. The van der Waals surface area contributed by atoms with Crippen molar-refractivity contribution < 1.29 is 28.6 Å². The first-order chi connectivity index (χ1) is 38.0. The maximum absolute atomic E-state index is 12.9. The van der Waals surface area contributed by atoms with E-state index in [2.05, 4.69) is 167 Å². The van der Waals surface area contributed by atoms with E-state index >= 15 is 0 Å². The number of allylic oxidation sites excluding steroid dienone is 26. The van der Waals surface area contributed by atoms with Crippen LogP contribution in [0.15, 0.2) is 158 Å². The van der Waals surface area contributed by atoms with Crippen molar-refractivity contribution in [3.63, 3.8) is 0 Å². The largest absolute Gasteiger partial charge is 0.462 e. The van der Waals surface area contributed by atoms with E-state index in [1.54, 1.807) is 0 Å². The second kappa shape index (κ2) is 63.6. The minimum Gasteiger partial charge on any atom is -0.462 e. The Kier molecular flexibility index (Phi) is 59.5. The minimum atomic E-state index is -0.834. The number of hydrogen-bond acceptors (Lipinski definition) is 6. The van der Waals surface area contributed by atoms with Crippen LogP contribution in [0.1, 0.15) is 252 Å². The van der Waals surface area contributed by atoms with Gasteiger partial charge in [-0.2, -0.15) is 0 Å². The van der Waals surface area contributed by atoms with Crippen LogP contribution in [0.2, 0.25) is 0 Å². The normalized spacial score (nSPS) is 13.2. The second-order valence-electron chi connectivity index (χ2n) is 19.9. The van der Waals surface area contributed by atoms with Crippen LogP contribution in [0.25, 0.3) is 0 Å². The molecule has 0 aliphatic rings. The molecule has 0 amide bonds. The molecule has 432 valence electrons. The van der Waals surface area contributed by atoms with Gasteiger partial charge in [-0.05, 0) is 116 Å². The summed E-state index contributed by atoms with van der Waals surface area (Å²) in [6, 6.07) is 0. The third-order valence-electron chi connectivity index (χ3n) is 12.5. The Labute approximate surface area is 473 Å². The SMILES string of the molecule is CC/C=C\C/C=C\C/C=C\C/C=C\C/C=C\C/C=C\C/C=C\CCCCCCCC(=O)OCC(COC(=O)CCCCCCCCCCCCCCC)OC(=O)CC/C=C\C/C=C\C/C=C\C/C=C\C/C=C\C/C=C\CC. The molecule has 0 rings (SSSR count). The van der Waals surface area contributed by atoms with Crippen LogP contribution in [-0.4, -0.2) is 37.2 Å². The molecule has 0 saturated carbocycles. The molecule has 0 heterocycles. The molecule has 0 aliphatic carbocycles. The fraction of sp³-hybridized carbons (Fsp3) is 0.592. The van der Waals surface area contributed by atoms with E-state index in [1.807, 2.05) is 12.2 Å². The van der Waals surface area contributed by atoms with E-state index < -0.39 is 12.1 Å². The zero-order valence-electron chi connectivity index (χ0n) is 49.4. The van der Waals surface area contributed by atoms with Gasteiger partial charge < -0.3 is 14.2 Å². The minimum absolute atomic E-state index is 0.119. The standard InChI is InChI=1S/C71H112O6/c1-4-7-10-13-16-19-22-25-27-29-31-32-33-34-35-36-37-38-40-41-43-46-49-52-55-58-61-64-70(73)76-67-68(66-75-69(72)63-60-57-54-51-48-45-24-21-18-15-12-9-6-3)77-71(74)65-62-59-56-53-50-47-44-42-39-30-28-26-23-20-17-14-11-8-5-2/h7-8,10-11,16-17,19-20,25-28,31-32,34-35,37-39,41-43,47,50,56,59,68H,4-6,9,12-15,18,21-24,29-30,33,36,40,44-46,48-49,51-55,57-58,60-67H2,1-3H3/b10-7-,11-8-,19-16-,20-17-,27-25-,28-26-,32-31-,35-34-,38-37-,42-39-,43-41-,50-47-,59-56-. The van der Waals surface area contributed by atoms with Crippen molar-refractivity contribution in [1.29, 1.82) is 0 Å². The zero-order valence-corrected chi connectivity index (χ0v) is 49.4. The highest BCUT2D eigenvalue weighted by Crippen LogP contribution is 2.14. The van der Waals surface area contributed by atoms with Gasteiger partial charge in [-0.1, -0.05) is 275 Å². The van der Waals surface area contributed by atoms with Gasteiger partial charge >= 0.3 is 17.9 Å². The third kappa shape index (κ3) is 61.8. The average molecular weight is 1060 g/mol. The lowest BCUT2D eigenvalue weighted by Gasteiger charge is -2.18. The summed E-state index contributed by atoms with van der Waals surface area (Å²) < 4.78 is 16.8. The Hall–Kier alpha value is -4.97. The molecule has 0 aromatic rings. The van der Waals surface area contributed by atoms with Crippen molar-refractivity contribution >= 4 is 17.9 Å². The van der Waals surface area contributed by atoms with Crippen LogP contribution in [0, 0.1) is 0 Å². The highest BCUT2D eigenvalue weighted by Gasteiger charge is 2.19. The van der Waals surface area contributed by atoms with Crippen LogP contribution in [0.5, 0.6) is 0 Å². The van der Waals surface area contributed by atoms with Gasteiger partial charge in [0.2, 0.25) is 0 Å². The molecule has 1 unspecified atom stereocenters. The van der Waals surface area contributed by atoms with Crippen LogP contribution < -0.4 is 0 Å². The second-order valence-corrected chi connectivity index (χ2v) is 19.9. The third-order valence-corrected chi connectivity index (χ3v) is 12.5. The average Bonchev–Trinajstić information content (AvgIpc) is 3.43. The molecule has 0 spiro atoms.